The molecule has 1 fully saturated rings. The van der Waals surface area contributed by atoms with E-state index in [1.807, 2.05) is 37.3 Å². The van der Waals surface area contributed by atoms with Crippen LogP contribution in [0.3, 0.4) is 0 Å². The Hall–Kier alpha value is -3.31. The number of aryl methyl sites for hydroxylation is 1. The summed E-state index contributed by atoms with van der Waals surface area (Å²) in [5, 5.41) is 0. The second-order valence-electron chi connectivity index (χ2n) is 9.30. The third-order valence-corrected chi connectivity index (χ3v) is 7.24. The number of likely N-dealkylation sites (N-methyl/N-ethyl adjacent to an activating group) is 1. The monoisotopic (exact) mass is 513 g/mol. The first-order chi connectivity index (χ1) is 17.3. The van der Waals surface area contributed by atoms with Crippen LogP contribution in [0.2, 0.25) is 0 Å². The van der Waals surface area contributed by atoms with Crippen molar-refractivity contribution in [3.05, 3.63) is 53.6 Å². The first-order valence-corrected chi connectivity index (χ1v) is 13.5. The second-order valence-corrected chi connectivity index (χ2v) is 10.6. The van der Waals surface area contributed by atoms with Crippen LogP contribution in [0.1, 0.15) is 30.4 Å². The minimum atomic E-state index is -4.14. The van der Waals surface area contributed by atoms with E-state index in [4.69, 9.17) is 14.2 Å². The van der Waals surface area contributed by atoms with Gasteiger partial charge in [-0.15, -0.1) is 4.40 Å². The fraction of sp³-hybridized carbons (Fsp3) is 0.440. The van der Waals surface area contributed by atoms with Crippen molar-refractivity contribution in [1.29, 1.82) is 0 Å². The molecule has 1 atom stereocenters. The lowest BCUT2D eigenvalue weighted by molar-refractivity contribution is 0.0149. The van der Waals surface area contributed by atoms with Crippen molar-refractivity contribution in [2.75, 3.05) is 33.8 Å². The van der Waals surface area contributed by atoms with E-state index >= 15 is 0 Å². The Kier molecular flexibility index (Phi) is 6.76. The lowest BCUT2D eigenvalue weighted by atomic mass is 10.1. The Labute approximate surface area is 212 Å². The van der Waals surface area contributed by atoms with E-state index in [0.717, 1.165) is 25.2 Å². The van der Waals surface area contributed by atoms with Gasteiger partial charge in [0.25, 0.3) is 0 Å². The maximum atomic E-state index is 12.5. The molecule has 3 aliphatic rings. The van der Waals surface area contributed by atoms with Gasteiger partial charge >= 0.3 is 16.2 Å². The zero-order valence-corrected chi connectivity index (χ0v) is 21.6. The summed E-state index contributed by atoms with van der Waals surface area (Å²) in [7, 11) is -0.801. The Bertz CT molecular complexity index is 1270. The largest absolute Gasteiger partial charge is 0.484 e. The molecule has 0 aromatic heterocycles. The zero-order valence-electron chi connectivity index (χ0n) is 20.8. The molecule has 2 aromatic carbocycles. The smallest absolute Gasteiger partial charge is 0.370 e. The van der Waals surface area contributed by atoms with Crippen LogP contribution in [0.5, 0.6) is 17.2 Å². The normalized spacial score (nSPS) is 21.4. The van der Waals surface area contributed by atoms with E-state index < -0.39 is 16.4 Å². The molecule has 1 unspecified atom stereocenters. The summed E-state index contributed by atoms with van der Waals surface area (Å²) in [5.41, 5.74) is 2.24. The third-order valence-electron chi connectivity index (χ3n) is 6.46. The first kappa shape index (κ1) is 24.4. The molecule has 5 rings (SSSR count). The maximum absolute atomic E-state index is 12.5. The molecule has 0 radical (unpaired) electrons. The lowest BCUT2D eigenvalue weighted by Gasteiger charge is -2.37. The van der Waals surface area contributed by atoms with Gasteiger partial charge in [-0.3, -0.25) is 9.80 Å². The Morgan fingerprint density at radius 1 is 1.06 bits per heavy atom. The third kappa shape index (κ3) is 5.41. The molecule has 0 bridgehead atoms. The van der Waals surface area contributed by atoms with Crippen LogP contribution in [-0.4, -0.2) is 75.1 Å². The maximum Gasteiger partial charge on any atom is 0.370 e. The van der Waals surface area contributed by atoms with Crippen LogP contribution >= 0.6 is 0 Å². The molecule has 0 amide bonds. The average Bonchev–Trinajstić information content (AvgIpc) is 2.87. The molecule has 11 heteroatoms. The van der Waals surface area contributed by atoms with E-state index in [-0.39, 0.29) is 18.6 Å². The zero-order chi connectivity index (χ0) is 25.3. The van der Waals surface area contributed by atoms with Gasteiger partial charge in [0.1, 0.15) is 12.4 Å². The van der Waals surface area contributed by atoms with Gasteiger partial charge in [0.15, 0.2) is 11.5 Å². The molecule has 2 aromatic rings. The van der Waals surface area contributed by atoms with Crippen LogP contribution in [0.4, 0.5) is 0 Å². The van der Waals surface area contributed by atoms with Crippen LogP contribution in [0, 0.1) is 6.92 Å². The topological polar surface area (TPSA) is 96.3 Å². The van der Waals surface area contributed by atoms with E-state index in [2.05, 4.69) is 13.7 Å². The Balaban J connectivity index is 1.28. The van der Waals surface area contributed by atoms with E-state index in [9.17, 15) is 8.42 Å². The molecule has 0 aliphatic carbocycles. The van der Waals surface area contributed by atoms with Gasteiger partial charge in [-0.25, -0.2) is 0 Å². The number of guanidine groups is 1. The number of likely N-dealkylation sites (tertiary alicyclic amines) is 1. The number of hydrogen-bond acceptors (Lipinski definition) is 8. The van der Waals surface area contributed by atoms with E-state index in [1.165, 1.54) is 29.7 Å². The molecular formula is C25H31N5O5S. The van der Waals surface area contributed by atoms with Crippen molar-refractivity contribution in [3.63, 3.8) is 0 Å². The number of rotatable bonds is 4. The highest BCUT2D eigenvalue weighted by molar-refractivity contribution is 7.89. The van der Waals surface area contributed by atoms with Crippen LogP contribution in [-0.2, 0) is 16.8 Å². The Morgan fingerprint density at radius 3 is 2.56 bits per heavy atom. The van der Waals surface area contributed by atoms with Gasteiger partial charge in [-0.05, 0) is 62.7 Å². The quantitative estimate of drug-likeness (QED) is 0.616. The molecule has 192 valence electrons. The highest BCUT2D eigenvalue weighted by atomic mass is 32.2. The highest BCUT2D eigenvalue weighted by Crippen LogP contribution is 2.34. The van der Waals surface area contributed by atoms with Crippen molar-refractivity contribution in [2.24, 2.45) is 8.80 Å². The molecule has 3 heterocycles. The number of ether oxygens (including phenoxy) is 3. The number of fused-ring (bicyclic) bond motifs is 1. The summed E-state index contributed by atoms with van der Waals surface area (Å²) in [6, 6.07) is 13.1. The van der Waals surface area contributed by atoms with Gasteiger partial charge in [-0.1, -0.05) is 34.6 Å². The minimum Gasteiger partial charge on any atom is -0.484 e. The van der Waals surface area contributed by atoms with Gasteiger partial charge < -0.3 is 19.1 Å². The minimum absolute atomic E-state index is 0.102. The summed E-state index contributed by atoms with van der Waals surface area (Å²) < 4.78 is 50.4. The molecular weight excluding hydrogens is 482 g/mol. The molecule has 36 heavy (non-hydrogen) atoms. The first-order valence-electron chi connectivity index (χ1n) is 12.1. The number of amidine groups is 1. The molecule has 0 spiro atoms. The van der Waals surface area contributed by atoms with Crippen molar-refractivity contribution in [3.8, 4) is 17.2 Å². The van der Waals surface area contributed by atoms with E-state index in [0.29, 0.717) is 17.2 Å². The van der Waals surface area contributed by atoms with Gasteiger partial charge in [0.2, 0.25) is 12.2 Å². The summed E-state index contributed by atoms with van der Waals surface area (Å²) >= 11 is 0. The fourth-order valence-corrected chi connectivity index (χ4v) is 5.28. The standard InChI is InChI=1S/C25H31N5O5S/c1-18-7-10-20(11-8-18)34-25-27-36(31,32)26-24(29(25)3)28(2)23-17-33-22-15-19(9-12-21(22)35-23)16-30-13-5-4-6-14-30/h7-12,15,23H,4-6,13-14,16-17H2,1-3H3. The van der Waals surface area contributed by atoms with Crippen LogP contribution in [0.25, 0.3) is 0 Å². The van der Waals surface area contributed by atoms with Crippen molar-refractivity contribution < 1.29 is 22.6 Å². The summed E-state index contributed by atoms with van der Waals surface area (Å²) in [6.07, 6.45) is 3.20. The molecule has 10 nitrogen and oxygen atoms in total. The molecule has 3 aliphatic heterocycles. The van der Waals surface area contributed by atoms with Crippen molar-refractivity contribution >= 4 is 22.2 Å². The van der Waals surface area contributed by atoms with Gasteiger partial charge in [0, 0.05) is 20.6 Å². The van der Waals surface area contributed by atoms with Gasteiger partial charge in [0.05, 0.1) is 0 Å². The number of hydrogen-bond donors (Lipinski definition) is 0. The SMILES string of the molecule is Cc1ccc(OC2=NS(=O)(=O)N=C(N(C)C3COc4cc(CN5CCCCC5)ccc4O3)N2C)cc1. The Morgan fingerprint density at radius 2 is 1.81 bits per heavy atom. The summed E-state index contributed by atoms with van der Waals surface area (Å²) in [6.45, 7) is 5.30. The second kappa shape index (κ2) is 9.98. The van der Waals surface area contributed by atoms with Crippen molar-refractivity contribution in [2.45, 2.75) is 39.0 Å². The molecule has 1 saturated heterocycles. The predicted octanol–water partition coefficient (Wildman–Crippen LogP) is 2.99. The lowest BCUT2D eigenvalue weighted by Crippen LogP contribution is -2.54. The number of nitrogens with zero attached hydrogens (tertiary/aromatic N) is 5. The van der Waals surface area contributed by atoms with E-state index in [1.54, 1.807) is 31.1 Å². The average molecular weight is 514 g/mol. The summed E-state index contributed by atoms with van der Waals surface area (Å²) in [4.78, 5) is 5.54. The van der Waals surface area contributed by atoms with Crippen LogP contribution in [0.15, 0.2) is 51.3 Å². The number of piperidine rings is 1. The van der Waals surface area contributed by atoms with Crippen molar-refractivity contribution in [1.82, 2.24) is 14.7 Å². The predicted molar refractivity (Wildman–Crippen MR) is 137 cm³/mol. The molecule has 0 saturated carbocycles. The van der Waals surface area contributed by atoms with Gasteiger partial charge in [-0.2, -0.15) is 8.42 Å². The number of benzene rings is 2. The molecule has 0 N–H and O–H groups in total. The highest BCUT2D eigenvalue weighted by Gasteiger charge is 2.34. The summed E-state index contributed by atoms with van der Waals surface area (Å²) in [5.74, 6) is 1.88. The van der Waals surface area contributed by atoms with Crippen LogP contribution < -0.4 is 14.2 Å². The fourth-order valence-electron chi connectivity index (χ4n) is 4.43.